The number of primary amides is 1. The van der Waals surface area contributed by atoms with Crippen molar-refractivity contribution < 1.29 is 9.90 Å². The Kier molecular flexibility index (Phi) is 5.54. The van der Waals surface area contributed by atoms with Gasteiger partial charge in [-0.2, -0.15) is 4.98 Å². The van der Waals surface area contributed by atoms with Gasteiger partial charge in [-0.05, 0) is 46.0 Å². The van der Waals surface area contributed by atoms with E-state index in [1.54, 1.807) is 0 Å². The standard InChI is InChI=1S/C15H25N5O2/c1-9(2)18-14-12(13(16)22)8-17-15(20-14)19-10-4-3-5-11(21)7-6-10/h8-11,21H,3-7H2,1-2H3,(H2,16,22)(H2,17,18,19,20)/t10-,11+/m1/s1. The molecule has 0 spiro atoms. The molecular weight excluding hydrogens is 282 g/mol. The number of nitrogens with one attached hydrogen (secondary N) is 2. The van der Waals surface area contributed by atoms with Crippen LogP contribution in [0.1, 0.15) is 56.3 Å². The first kappa shape index (κ1) is 16.5. The molecule has 0 aromatic carbocycles. The molecule has 1 saturated carbocycles. The number of hydrogen-bond acceptors (Lipinski definition) is 6. The summed E-state index contributed by atoms with van der Waals surface area (Å²) in [6, 6.07) is 0.373. The highest BCUT2D eigenvalue weighted by atomic mass is 16.3. The van der Waals surface area contributed by atoms with Crippen LogP contribution in [0.4, 0.5) is 11.8 Å². The van der Waals surface area contributed by atoms with Crippen LogP contribution < -0.4 is 16.4 Å². The minimum atomic E-state index is -0.549. The molecule has 0 aliphatic heterocycles. The number of anilines is 2. The fraction of sp³-hybridized carbons (Fsp3) is 0.667. The Morgan fingerprint density at radius 1 is 1.36 bits per heavy atom. The fourth-order valence-corrected chi connectivity index (χ4v) is 2.62. The number of nitrogens with two attached hydrogens (primary N) is 1. The van der Waals surface area contributed by atoms with Crippen LogP contribution in [0.25, 0.3) is 0 Å². The summed E-state index contributed by atoms with van der Waals surface area (Å²) in [5, 5.41) is 16.1. The Morgan fingerprint density at radius 3 is 2.82 bits per heavy atom. The maximum absolute atomic E-state index is 11.4. The summed E-state index contributed by atoms with van der Waals surface area (Å²) >= 11 is 0. The van der Waals surface area contributed by atoms with Crippen LogP contribution in [0.3, 0.4) is 0 Å². The smallest absolute Gasteiger partial charge is 0.254 e. The van der Waals surface area contributed by atoms with Crippen molar-refractivity contribution >= 4 is 17.7 Å². The zero-order valence-electron chi connectivity index (χ0n) is 13.2. The minimum absolute atomic E-state index is 0.133. The summed E-state index contributed by atoms with van der Waals surface area (Å²) < 4.78 is 0. The topological polar surface area (TPSA) is 113 Å². The van der Waals surface area contributed by atoms with E-state index in [4.69, 9.17) is 5.73 Å². The van der Waals surface area contributed by atoms with Gasteiger partial charge < -0.3 is 21.5 Å². The Labute approximate surface area is 130 Å². The van der Waals surface area contributed by atoms with Gasteiger partial charge >= 0.3 is 0 Å². The molecule has 0 unspecified atom stereocenters. The molecule has 1 fully saturated rings. The Morgan fingerprint density at radius 2 is 2.14 bits per heavy atom. The number of carbonyl (C=O) groups is 1. The number of hydrogen-bond donors (Lipinski definition) is 4. The van der Waals surface area contributed by atoms with Crippen molar-refractivity contribution in [1.82, 2.24) is 9.97 Å². The highest BCUT2D eigenvalue weighted by Crippen LogP contribution is 2.21. The van der Waals surface area contributed by atoms with Crippen LogP contribution in [0.5, 0.6) is 0 Å². The van der Waals surface area contributed by atoms with Crippen LogP contribution in [0.15, 0.2) is 6.20 Å². The molecule has 22 heavy (non-hydrogen) atoms. The van der Waals surface area contributed by atoms with Gasteiger partial charge in [0.05, 0.1) is 11.7 Å². The molecule has 1 aliphatic carbocycles. The summed E-state index contributed by atoms with van der Waals surface area (Å²) in [5.41, 5.74) is 5.64. The summed E-state index contributed by atoms with van der Waals surface area (Å²) in [6.45, 7) is 3.93. The Balaban J connectivity index is 2.12. The molecule has 2 rings (SSSR count). The number of amides is 1. The molecule has 1 heterocycles. The van der Waals surface area contributed by atoms with E-state index < -0.39 is 5.91 Å². The van der Waals surface area contributed by atoms with Crippen molar-refractivity contribution in [2.24, 2.45) is 5.73 Å². The van der Waals surface area contributed by atoms with E-state index in [9.17, 15) is 9.90 Å². The highest BCUT2D eigenvalue weighted by Gasteiger charge is 2.19. The number of aromatic nitrogens is 2. The lowest BCUT2D eigenvalue weighted by molar-refractivity contribution is 0.100. The van der Waals surface area contributed by atoms with Gasteiger partial charge in [0, 0.05) is 18.3 Å². The van der Waals surface area contributed by atoms with Crippen LogP contribution in [0, 0.1) is 0 Å². The largest absolute Gasteiger partial charge is 0.393 e. The molecule has 1 amide bonds. The normalized spacial score (nSPS) is 22.2. The molecule has 1 aliphatic rings. The van der Waals surface area contributed by atoms with Crippen molar-refractivity contribution in [3.05, 3.63) is 11.8 Å². The quantitative estimate of drug-likeness (QED) is 0.613. The van der Waals surface area contributed by atoms with Crippen molar-refractivity contribution in [1.29, 1.82) is 0 Å². The molecule has 7 heteroatoms. The number of aliphatic hydroxyl groups excluding tert-OH is 1. The molecule has 2 atom stereocenters. The van der Waals surface area contributed by atoms with Crippen LogP contribution in [-0.4, -0.2) is 39.2 Å². The third kappa shape index (κ3) is 4.56. The minimum Gasteiger partial charge on any atom is -0.393 e. The average Bonchev–Trinajstić information content (AvgIpc) is 2.63. The first-order chi connectivity index (χ1) is 10.5. The number of rotatable bonds is 5. The zero-order valence-corrected chi connectivity index (χ0v) is 13.2. The molecule has 7 nitrogen and oxygen atoms in total. The van der Waals surface area contributed by atoms with Crippen molar-refractivity contribution in [3.8, 4) is 0 Å². The molecule has 0 saturated heterocycles. The van der Waals surface area contributed by atoms with E-state index in [1.807, 2.05) is 13.8 Å². The number of nitrogens with zero attached hydrogens (tertiary/aromatic N) is 2. The molecule has 0 radical (unpaired) electrons. The van der Waals surface area contributed by atoms with Gasteiger partial charge in [0.1, 0.15) is 5.82 Å². The lowest BCUT2D eigenvalue weighted by Gasteiger charge is -2.18. The van der Waals surface area contributed by atoms with E-state index in [-0.39, 0.29) is 23.8 Å². The third-order valence-electron chi connectivity index (χ3n) is 3.75. The van der Waals surface area contributed by atoms with Gasteiger partial charge in [-0.25, -0.2) is 4.98 Å². The van der Waals surface area contributed by atoms with Crippen molar-refractivity contribution in [3.63, 3.8) is 0 Å². The molecule has 5 N–H and O–H groups in total. The SMILES string of the molecule is CC(C)Nc1nc(N[C@@H]2CCC[C@H](O)CC2)ncc1C(N)=O. The summed E-state index contributed by atoms with van der Waals surface area (Å²) in [4.78, 5) is 20.0. The van der Waals surface area contributed by atoms with E-state index in [0.29, 0.717) is 11.8 Å². The molecule has 1 aromatic heterocycles. The Bertz CT molecular complexity index is 521. The summed E-state index contributed by atoms with van der Waals surface area (Å²) in [6.07, 6.45) is 5.72. The molecule has 0 bridgehead atoms. The zero-order chi connectivity index (χ0) is 16.1. The van der Waals surface area contributed by atoms with Gasteiger partial charge in [-0.15, -0.1) is 0 Å². The van der Waals surface area contributed by atoms with Gasteiger partial charge in [0.25, 0.3) is 5.91 Å². The van der Waals surface area contributed by atoms with Gasteiger partial charge in [-0.1, -0.05) is 0 Å². The molecular formula is C15H25N5O2. The van der Waals surface area contributed by atoms with Crippen LogP contribution >= 0.6 is 0 Å². The second kappa shape index (κ2) is 7.40. The predicted octanol–water partition coefficient (Wildman–Crippen LogP) is 1.50. The average molecular weight is 307 g/mol. The van der Waals surface area contributed by atoms with Crippen LogP contribution in [0.2, 0.25) is 0 Å². The summed E-state index contributed by atoms with van der Waals surface area (Å²) in [5.74, 6) is 0.385. The van der Waals surface area contributed by atoms with E-state index in [0.717, 1.165) is 32.1 Å². The first-order valence-electron chi connectivity index (χ1n) is 7.83. The number of aliphatic hydroxyl groups is 1. The van der Waals surface area contributed by atoms with Crippen LogP contribution in [-0.2, 0) is 0 Å². The maximum Gasteiger partial charge on any atom is 0.254 e. The lowest BCUT2D eigenvalue weighted by atomic mass is 10.1. The fourth-order valence-electron chi connectivity index (χ4n) is 2.62. The van der Waals surface area contributed by atoms with Crippen molar-refractivity contribution in [2.45, 2.75) is 64.1 Å². The van der Waals surface area contributed by atoms with E-state index in [1.165, 1.54) is 6.20 Å². The van der Waals surface area contributed by atoms with Gasteiger partial charge in [0.15, 0.2) is 0 Å². The number of carbonyl (C=O) groups excluding carboxylic acids is 1. The monoisotopic (exact) mass is 307 g/mol. The summed E-state index contributed by atoms with van der Waals surface area (Å²) in [7, 11) is 0. The van der Waals surface area contributed by atoms with Gasteiger partial charge in [-0.3, -0.25) is 4.79 Å². The van der Waals surface area contributed by atoms with E-state index >= 15 is 0 Å². The first-order valence-corrected chi connectivity index (χ1v) is 7.83. The molecule has 1 aromatic rings. The Hall–Kier alpha value is -1.89. The second-order valence-corrected chi connectivity index (χ2v) is 6.12. The van der Waals surface area contributed by atoms with Gasteiger partial charge in [0.2, 0.25) is 5.95 Å². The molecule has 122 valence electrons. The lowest BCUT2D eigenvalue weighted by Crippen LogP contribution is -2.23. The second-order valence-electron chi connectivity index (χ2n) is 6.12. The van der Waals surface area contributed by atoms with E-state index in [2.05, 4.69) is 20.6 Å². The third-order valence-corrected chi connectivity index (χ3v) is 3.75. The predicted molar refractivity (Wildman–Crippen MR) is 85.8 cm³/mol. The maximum atomic E-state index is 11.4. The highest BCUT2D eigenvalue weighted by molar-refractivity contribution is 5.97. The van der Waals surface area contributed by atoms with Crippen molar-refractivity contribution in [2.75, 3.05) is 10.6 Å².